The number of urea groups is 1. The maximum atomic E-state index is 11.9. The van der Waals surface area contributed by atoms with Gasteiger partial charge in [0.05, 0.1) is 26.2 Å². The molecular formula is C15H25N6O2+. The molecule has 0 saturated carbocycles. The molecule has 0 radical (unpaired) electrons. The second-order valence-corrected chi connectivity index (χ2v) is 5.79. The zero-order valence-electron chi connectivity index (χ0n) is 13.7. The zero-order valence-corrected chi connectivity index (χ0v) is 13.7. The van der Waals surface area contributed by atoms with Crippen LogP contribution in [-0.2, 0) is 4.79 Å². The van der Waals surface area contributed by atoms with Crippen molar-refractivity contribution >= 4 is 17.9 Å². The van der Waals surface area contributed by atoms with E-state index in [2.05, 4.69) is 25.5 Å². The van der Waals surface area contributed by atoms with Crippen molar-refractivity contribution in [2.24, 2.45) is 0 Å². The molecule has 8 heteroatoms. The van der Waals surface area contributed by atoms with E-state index in [4.69, 9.17) is 0 Å². The number of aromatic nitrogens is 2. The van der Waals surface area contributed by atoms with Crippen LogP contribution in [0, 0.1) is 0 Å². The molecule has 2 heterocycles. The van der Waals surface area contributed by atoms with Crippen LogP contribution in [0.1, 0.15) is 20.3 Å². The smallest absolute Gasteiger partial charge is 0.321 e. The first-order valence-corrected chi connectivity index (χ1v) is 8.04. The molecule has 0 bridgehead atoms. The Labute approximate surface area is 136 Å². The topological polar surface area (TPSA) is 91.7 Å². The van der Waals surface area contributed by atoms with Crippen LogP contribution in [0.4, 0.5) is 10.7 Å². The van der Waals surface area contributed by atoms with Crippen LogP contribution >= 0.6 is 0 Å². The summed E-state index contributed by atoms with van der Waals surface area (Å²) >= 11 is 0. The third-order valence-corrected chi connectivity index (χ3v) is 3.96. The molecule has 1 aromatic heterocycles. The van der Waals surface area contributed by atoms with Gasteiger partial charge in [-0.3, -0.25) is 10.1 Å². The Bertz CT molecular complexity index is 516. The van der Waals surface area contributed by atoms with Gasteiger partial charge in [-0.15, -0.1) is 0 Å². The minimum Gasteiger partial charge on any atom is -0.335 e. The molecule has 0 unspecified atom stereocenters. The van der Waals surface area contributed by atoms with Crippen LogP contribution in [0.5, 0.6) is 0 Å². The van der Waals surface area contributed by atoms with Gasteiger partial charge in [0.2, 0.25) is 5.95 Å². The van der Waals surface area contributed by atoms with E-state index in [0.717, 1.165) is 43.4 Å². The SMILES string of the molecule is CC[C@@H](C)NC(=O)NC(=O)C[NH+]1CCN(c2ncccn2)CC1. The molecule has 2 rings (SSSR count). The number of carbonyl (C=O) groups excluding carboxylic acids is 2. The molecule has 1 saturated heterocycles. The number of carbonyl (C=O) groups is 2. The molecule has 3 N–H and O–H groups in total. The first kappa shape index (κ1) is 17.1. The van der Waals surface area contributed by atoms with Crippen molar-refractivity contribution in [3.8, 4) is 0 Å². The molecule has 23 heavy (non-hydrogen) atoms. The monoisotopic (exact) mass is 321 g/mol. The van der Waals surface area contributed by atoms with Crippen LogP contribution in [-0.4, -0.2) is 60.7 Å². The van der Waals surface area contributed by atoms with Crippen LogP contribution in [0.15, 0.2) is 18.5 Å². The highest BCUT2D eigenvalue weighted by atomic mass is 16.2. The molecule has 0 aromatic carbocycles. The second kappa shape index (κ2) is 8.42. The summed E-state index contributed by atoms with van der Waals surface area (Å²) in [5.74, 6) is 0.481. The van der Waals surface area contributed by atoms with Gasteiger partial charge in [0.25, 0.3) is 5.91 Å². The normalized spacial score (nSPS) is 16.7. The van der Waals surface area contributed by atoms with Crippen molar-refractivity contribution in [1.82, 2.24) is 20.6 Å². The minimum absolute atomic E-state index is 0.0598. The predicted molar refractivity (Wildman–Crippen MR) is 86.2 cm³/mol. The molecule has 1 atom stereocenters. The molecule has 1 aromatic rings. The lowest BCUT2D eigenvalue weighted by Gasteiger charge is -2.31. The number of piperazine rings is 1. The van der Waals surface area contributed by atoms with Crippen molar-refractivity contribution < 1.29 is 14.5 Å². The fourth-order valence-corrected chi connectivity index (χ4v) is 2.41. The number of imide groups is 1. The molecule has 1 fully saturated rings. The first-order chi connectivity index (χ1) is 11.1. The van der Waals surface area contributed by atoms with E-state index in [-0.39, 0.29) is 11.9 Å². The summed E-state index contributed by atoms with van der Waals surface area (Å²) in [4.78, 5) is 35.3. The largest absolute Gasteiger partial charge is 0.335 e. The number of nitrogens with zero attached hydrogens (tertiary/aromatic N) is 3. The molecule has 0 aliphatic carbocycles. The van der Waals surface area contributed by atoms with E-state index in [1.165, 1.54) is 0 Å². The van der Waals surface area contributed by atoms with Crippen molar-refractivity contribution in [2.75, 3.05) is 37.6 Å². The Balaban J connectivity index is 1.71. The quantitative estimate of drug-likeness (QED) is 0.634. The lowest BCUT2D eigenvalue weighted by Crippen LogP contribution is -3.16. The first-order valence-electron chi connectivity index (χ1n) is 8.04. The van der Waals surface area contributed by atoms with E-state index in [1.54, 1.807) is 18.5 Å². The fourth-order valence-electron chi connectivity index (χ4n) is 2.41. The Morgan fingerprint density at radius 1 is 1.30 bits per heavy atom. The number of nitrogens with one attached hydrogen (secondary N) is 3. The molecule has 1 aliphatic rings. The molecule has 126 valence electrons. The van der Waals surface area contributed by atoms with Gasteiger partial charge in [-0.25, -0.2) is 14.8 Å². The van der Waals surface area contributed by atoms with Gasteiger partial charge >= 0.3 is 6.03 Å². The molecule has 3 amide bonds. The summed E-state index contributed by atoms with van der Waals surface area (Å²) in [6.07, 6.45) is 4.28. The van der Waals surface area contributed by atoms with Crippen molar-refractivity contribution in [3.05, 3.63) is 18.5 Å². The average molecular weight is 321 g/mol. The summed E-state index contributed by atoms with van der Waals surface area (Å²) in [5.41, 5.74) is 0. The van der Waals surface area contributed by atoms with Gasteiger partial charge in [0, 0.05) is 18.4 Å². The lowest BCUT2D eigenvalue weighted by molar-refractivity contribution is -0.892. The van der Waals surface area contributed by atoms with Gasteiger partial charge in [0.15, 0.2) is 6.54 Å². The predicted octanol–water partition coefficient (Wildman–Crippen LogP) is -1.19. The summed E-state index contributed by atoms with van der Waals surface area (Å²) in [5, 5.41) is 5.11. The number of rotatable bonds is 5. The Kier molecular flexibility index (Phi) is 6.28. The third-order valence-electron chi connectivity index (χ3n) is 3.96. The molecule has 1 aliphatic heterocycles. The number of anilines is 1. The Morgan fingerprint density at radius 2 is 1.96 bits per heavy atom. The van der Waals surface area contributed by atoms with E-state index in [9.17, 15) is 9.59 Å². The van der Waals surface area contributed by atoms with Crippen LogP contribution in [0.2, 0.25) is 0 Å². The Hall–Kier alpha value is -2.22. The maximum Gasteiger partial charge on any atom is 0.321 e. The molecule has 8 nitrogen and oxygen atoms in total. The number of amides is 3. The third kappa shape index (κ3) is 5.48. The van der Waals surface area contributed by atoms with Crippen LogP contribution < -0.4 is 20.4 Å². The van der Waals surface area contributed by atoms with Gasteiger partial charge in [-0.2, -0.15) is 0 Å². The highest BCUT2D eigenvalue weighted by molar-refractivity contribution is 5.94. The number of quaternary nitrogens is 1. The van der Waals surface area contributed by atoms with Gasteiger partial charge in [0.1, 0.15) is 0 Å². The van der Waals surface area contributed by atoms with Crippen molar-refractivity contribution in [3.63, 3.8) is 0 Å². The van der Waals surface area contributed by atoms with Gasteiger partial charge < -0.3 is 15.1 Å². The maximum absolute atomic E-state index is 11.9. The second-order valence-electron chi connectivity index (χ2n) is 5.79. The van der Waals surface area contributed by atoms with E-state index in [1.807, 2.05) is 13.8 Å². The van der Waals surface area contributed by atoms with Crippen molar-refractivity contribution in [2.45, 2.75) is 26.3 Å². The standard InChI is InChI=1S/C15H24N6O2/c1-3-12(2)18-15(23)19-13(22)11-20-7-9-21(10-8-20)14-16-5-4-6-17-14/h4-6,12H,3,7-11H2,1-2H3,(H2,18,19,22,23)/p+1/t12-/m1/s1. The average Bonchev–Trinajstić information content (AvgIpc) is 2.56. The lowest BCUT2D eigenvalue weighted by atomic mass is 10.3. The highest BCUT2D eigenvalue weighted by Gasteiger charge is 2.24. The summed E-state index contributed by atoms with van der Waals surface area (Å²) in [6, 6.07) is 1.43. The molecule has 0 spiro atoms. The Morgan fingerprint density at radius 3 is 2.57 bits per heavy atom. The van der Waals surface area contributed by atoms with Crippen LogP contribution in [0.25, 0.3) is 0 Å². The highest BCUT2D eigenvalue weighted by Crippen LogP contribution is 2.03. The minimum atomic E-state index is -0.417. The van der Waals surface area contributed by atoms with E-state index in [0.29, 0.717) is 6.54 Å². The summed E-state index contributed by atoms with van der Waals surface area (Å²) < 4.78 is 0. The van der Waals surface area contributed by atoms with Crippen LogP contribution in [0.3, 0.4) is 0 Å². The summed E-state index contributed by atoms with van der Waals surface area (Å²) in [6.45, 7) is 7.42. The van der Waals surface area contributed by atoms with E-state index >= 15 is 0 Å². The molecular weight excluding hydrogens is 296 g/mol. The van der Waals surface area contributed by atoms with E-state index < -0.39 is 6.03 Å². The number of hydrogen-bond acceptors (Lipinski definition) is 5. The number of hydrogen-bond donors (Lipinski definition) is 3. The van der Waals surface area contributed by atoms with Gasteiger partial charge in [-0.1, -0.05) is 6.92 Å². The van der Waals surface area contributed by atoms with Gasteiger partial charge in [-0.05, 0) is 19.4 Å². The fraction of sp³-hybridized carbons (Fsp3) is 0.600. The van der Waals surface area contributed by atoms with Crippen molar-refractivity contribution in [1.29, 1.82) is 0 Å². The summed E-state index contributed by atoms with van der Waals surface area (Å²) in [7, 11) is 0. The zero-order chi connectivity index (χ0) is 16.7.